The number of carbonyl (C=O) groups is 2. The number of hydrogen-bond donors (Lipinski definition) is 1. The summed E-state index contributed by atoms with van der Waals surface area (Å²) < 4.78 is 56.8. The molecular weight excluding hydrogens is 486 g/mol. The summed E-state index contributed by atoms with van der Waals surface area (Å²) in [5.74, 6) is -2.46. The van der Waals surface area contributed by atoms with Crippen molar-refractivity contribution in [2.24, 2.45) is 0 Å². The molecule has 1 amide bonds. The summed E-state index contributed by atoms with van der Waals surface area (Å²) in [7, 11) is 1.47. The maximum atomic E-state index is 13.6. The molecule has 1 fully saturated rings. The van der Waals surface area contributed by atoms with Crippen LogP contribution in [0.25, 0.3) is 5.76 Å². The summed E-state index contributed by atoms with van der Waals surface area (Å²) >= 11 is -0.314. The number of aliphatic hydroxyl groups excluding tert-OH is 1. The molecule has 3 aromatic carbocycles. The lowest BCUT2D eigenvalue weighted by Gasteiger charge is -2.25. The Labute approximate surface area is 201 Å². The van der Waals surface area contributed by atoms with Crippen LogP contribution in [-0.2, 0) is 9.59 Å². The monoisotopic (exact) mass is 503 g/mol. The number of rotatable bonds is 5. The average molecular weight is 503 g/mol. The van der Waals surface area contributed by atoms with Crippen molar-refractivity contribution < 1.29 is 37.0 Å². The third-order valence-corrected chi connectivity index (χ3v) is 6.08. The standard InChI is InChI=1S/C25H17F4NO4S/c1-34-18-10-4-15(5-11-18)22(31)20-21(14-2-6-16(26)7-3-14)30(24(33)23(20)32)17-8-12-19(13-9-17)35-25(27,28)29/h2-13,21,31H,1H3. The molecule has 0 radical (unpaired) electrons. The highest BCUT2D eigenvalue weighted by atomic mass is 32.2. The maximum Gasteiger partial charge on any atom is 0.446 e. The molecule has 0 saturated carbocycles. The molecule has 35 heavy (non-hydrogen) atoms. The Hall–Kier alpha value is -3.79. The van der Waals surface area contributed by atoms with Gasteiger partial charge in [-0.15, -0.1) is 0 Å². The number of carbonyl (C=O) groups excluding carboxylic acids is 2. The number of halogens is 4. The van der Waals surface area contributed by atoms with Crippen LogP contribution in [0.2, 0.25) is 0 Å². The van der Waals surface area contributed by atoms with Crippen molar-refractivity contribution in [3.05, 3.63) is 95.3 Å². The highest BCUT2D eigenvalue weighted by Gasteiger charge is 2.47. The third kappa shape index (κ3) is 5.02. The van der Waals surface area contributed by atoms with Gasteiger partial charge in [-0.3, -0.25) is 14.5 Å². The van der Waals surface area contributed by atoms with Crippen LogP contribution in [0.15, 0.2) is 83.3 Å². The number of anilines is 1. The molecule has 5 nitrogen and oxygen atoms in total. The molecule has 1 N–H and O–H groups in total. The van der Waals surface area contributed by atoms with E-state index in [1.807, 2.05) is 0 Å². The summed E-state index contributed by atoms with van der Waals surface area (Å²) in [6, 6.07) is 14.9. The molecule has 0 aromatic heterocycles. The van der Waals surface area contributed by atoms with E-state index in [-0.39, 0.29) is 33.5 Å². The van der Waals surface area contributed by atoms with Gasteiger partial charge in [-0.25, -0.2) is 4.39 Å². The SMILES string of the molecule is COc1ccc(C(O)=C2C(=O)C(=O)N(c3ccc(SC(F)(F)F)cc3)C2c2ccc(F)cc2)cc1. The van der Waals surface area contributed by atoms with E-state index >= 15 is 0 Å². The van der Waals surface area contributed by atoms with Gasteiger partial charge in [-0.2, -0.15) is 13.2 Å². The molecular formula is C25H17F4NO4S. The van der Waals surface area contributed by atoms with Crippen molar-refractivity contribution in [3.8, 4) is 5.75 Å². The van der Waals surface area contributed by atoms with E-state index in [0.717, 1.165) is 17.0 Å². The number of hydrogen-bond acceptors (Lipinski definition) is 5. The molecule has 0 spiro atoms. The van der Waals surface area contributed by atoms with Crippen LogP contribution >= 0.6 is 11.8 Å². The summed E-state index contributed by atoms with van der Waals surface area (Å²) in [5.41, 5.74) is -4.01. The predicted molar refractivity (Wildman–Crippen MR) is 123 cm³/mol. The van der Waals surface area contributed by atoms with Crippen LogP contribution in [-0.4, -0.2) is 29.4 Å². The molecule has 180 valence electrons. The second-order valence-electron chi connectivity index (χ2n) is 7.49. The van der Waals surface area contributed by atoms with Crippen LogP contribution in [0.1, 0.15) is 17.2 Å². The normalized spacial score (nSPS) is 17.6. The Morgan fingerprint density at radius 2 is 1.54 bits per heavy atom. The number of nitrogens with zero attached hydrogens (tertiary/aromatic N) is 1. The smallest absolute Gasteiger partial charge is 0.446 e. The highest BCUT2D eigenvalue weighted by molar-refractivity contribution is 8.00. The summed E-state index contributed by atoms with van der Waals surface area (Å²) in [5, 5.41) is 11.0. The van der Waals surface area contributed by atoms with Crippen molar-refractivity contribution in [2.75, 3.05) is 12.0 Å². The predicted octanol–water partition coefficient (Wildman–Crippen LogP) is 6.07. The third-order valence-electron chi connectivity index (χ3n) is 5.34. The first-order valence-electron chi connectivity index (χ1n) is 10.2. The number of thioether (sulfide) groups is 1. The van der Waals surface area contributed by atoms with Crippen LogP contribution in [0.5, 0.6) is 5.75 Å². The quantitative estimate of drug-likeness (QED) is 0.150. The molecule has 4 rings (SSSR count). The summed E-state index contributed by atoms with van der Waals surface area (Å²) in [6.07, 6.45) is 0. The molecule has 0 bridgehead atoms. The van der Waals surface area contributed by atoms with Crippen molar-refractivity contribution in [2.45, 2.75) is 16.4 Å². The lowest BCUT2D eigenvalue weighted by atomic mass is 9.95. The van der Waals surface area contributed by atoms with Gasteiger partial charge in [0.1, 0.15) is 17.3 Å². The van der Waals surface area contributed by atoms with E-state index in [2.05, 4.69) is 0 Å². The van der Waals surface area contributed by atoms with Gasteiger partial charge < -0.3 is 9.84 Å². The average Bonchev–Trinajstić information content (AvgIpc) is 3.09. The summed E-state index contributed by atoms with van der Waals surface area (Å²) in [4.78, 5) is 27.1. The van der Waals surface area contributed by atoms with Gasteiger partial charge in [0, 0.05) is 16.1 Å². The molecule has 1 heterocycles. The Morgan fingerprint density at radius 1 is 0.943 bits per heavy atom. The number of ketones is 1. The number of amides is 1. The van der Waals surface area contributed by atoms with Crippen LogP contribution in [0.3, 0.4) is 0 Å². The molecule has 0 aliphatic carbocycles. The molecule has 1 atom stereocenters. The first-order chi connectivity index (χ1) is 16.6. The van der Waals surface area contributed by atoms with Gasteiger partial charge in [0.05, 0.1) is 18.7 Å². The topological polar surface area (TPSA) is 66.8 Å². The van der Waals surface area contributed by atoms with Crippen LogP contribution < -0.4 is 9.64 Å². The zero-order valence-corrected chi connectivity index (χ0v) is 18.9. The van der Waals surface area contributed by atoms with Gasteiger partial charge in [0.25, 0.3) is 11.7 Å². The van der Waals surface area contributed by atoms with Crippen molar-refractivity contribution in [3.63, 3.8) is 0 Å². The van der Waals surface area contributed by atoms with E-state index in [1.165, 1.54) is 55.6 Å². The van der Waals surface area contributed by atoms with Gasteiger partial charge >= 0.3 is 5.51 Å². The molecule has 1 aliphatic heterocycles. The van der Waals surface area contributed by atoms with Gasteiger partial charge in [0.2, 0.25) is 0 Å². The highest BCUT2D eigenvalue weighted by Crippen LogP contribution is 2.43. The minimum Gasteiger partial charge on any atom is -0.507 e. The number of aliphatic hydroxyl groups is 1. The van der Waals surface area contributed by atoms with E-state index in [1.54, 1.807) is 12.1 Å². The van der Waals surface area contributed by atoms with Gasteiger partial charge in [-0.05, 0) is 78.0 Å². The molecule has 1 aliphatic rings. The van der Waals surface area contributed by atoms with Gasteiger partial charge in [-0.1, -0.05) is 12.1 Å². The van der Waals surface area contributed by atoms with Crippen molar-refractivity contribution in [1.82, 2.24) is 0 Å². The number of Topliss-reactive ketones (excluding diaryl/α,β-unsaturated/α-hetero) is 1. The first kappa shape index (κ1) is 24.3. The van der Waals surface area contributed by atoms with Crippen LogP contribution in [0.4, 0.5) is 23.2 Å². The minimum absolute atomic E-state index is 0.102. The molecule has 10 heteroatoms. The fourth-order valence-corrected chi connectivity index (χ4v) is 4.31. The second-order valence-corrected chi connectivity index (χ2v) is 8.63. The fraction of sp³-hybridized carbons (Fsp3) is 0.120. The fourth-order valence-electron chi connectivity index (χ4n) is 3.77. The number of ether oxygens (including phenoxy) is 1. The molecule has 1 unspecified atom stereocenters. The lowest BCUT2D eigenvalue weighted by molar-refractivity contribution is -0.132. The minimum atomic E-state index is -4.49. The first-order valence-corrected chi connectivity index (χ1v) is 11.0. The van der Waals surface area contributed by atoms with Crippen molar-refractivity contribution >= 4 is 34.9 Å². The Kier molecular flexibility index (Phi) is 6.58. The molecule has 3 aromatic rings. The maximum absolute atomic E-state index is 13.6. The largest absolute Gasteiger partial charge is 0.507 e. The van der Waals surface area contributed by atoms with Crippen LogP contribution in [0, 0.1) is 5.82 Å². The van der Waals surface area contributed by atoms with Gasteiger partial charge in [0.15, 0.2) is 0 Å². The Balaban J connectivity index is 1.83. The number of alkyl halides is 3. The zero-order chi connectivity index (χ0) is 25.3. The summed E-state index contributed by atoms with van der Waals surface area (Å²) in [6.45, 7) is 0. The van der Waals surface area contributed by atoms with E-state index in [4.69, 9.17) is 4.74 Å². The van der Waals surface area contributed by atoms with E-state index in [0.29, 0.717) is 11.3 Å². The van der Waals surface area contributed by atoms with E-state index in [9.17, 15) is 32.3 Å². The molecule has 1 saturated heterocycles. The Morgan fingerprint density at radius 3 is 2.09 bits per heavy atom. The Bertz CT molecular complexity index is 1290. The number of methoxy groups -OCH3 is 1. The zero-order valence-electron chi connectivity index (χ0n) is 18.0. The second kappa shape index (κ2) is 9.46. The lowest BCUT2D eigenvalue weighted by Crippen LogP contribution is -2.29. The van der Waals surface area contributed by atoms with Crippen molar-refractivity contribution in [1.29, 1.82) is 0 Å². The number of benzene rings is 3. The van der Waals surface area contributed by atoms with E-state index < -0.39 is 34.8 Å².